The second-order valence-corrected chi connectivity index (χ2v) is 8.89. The number of hydrogen-bond acceptors (Lipinski definition) is 5. The summed E-state index contributed by atoms with van der Waals surface area (Å²) >= 11 is 0. The summed E-state index contributed by atoms with van der Waals surface area (Å²) in [4.78, 5) is 13.1. The van der Waals surface area contributed by atoms with Crippen molar-refractivity contribution in [2.75, 3.05) is 13.7 Å². The highest BCUT2D eigenvalue weighted by atomic mass is 32.2. The van der Waals surface area contributed by atoms with Gasteiger partial charge in [-0.25, -0.2) is 8.42 Å². The number of ether oxygens (including phenoxy) is 2. The van der Waals surface area contributed by atoms with Gasteiger partial charge in [-0.15, -0.1) is 0 Å². The lowest BCUT2D eigenvalue weighted by Crippen LogP contribution is -2.46. The van der Waals surface area contributed by atoms with Crippen LogP contribution in [-0.2, 0) is 24.1 Å². The largest absolute Gasteiger partial charge is 0.356 e. The Morgan fingerprint density at radius 2 is 1.87 bits per heavy atom. The van der Waals surface area contributed by atoms with E-state index in [-0.39, 0.29) is 10.7 Å². The van der Waals surface area contributed by atoms with Crippen LogP contribution in [-0.4, -0.2) is 39.5 Å². The molecule has 6 heteroatoms. The second kappa shape index (κ2) is 6.71. The molecule has 0 amide bonds. The van der Waals surface area contributed by atoms with E-state index in [1.165, 1.54) is 19.2 Å². The van der Waals surface area contributed by atoms with Crippen LogP contribution in [0.15, 0.2) is 35.2 Å². The van der Waals surface area contributed by atoms with E-state index < -0.39 is 32.7 Å². The SMILES string of the molecule is CO[C@@H]1OCC[C@@H]1[C@H](C(=O)C(C)(C)C)S(=O)(=O)c1ccccc1. The zero-order chi connectivity index (χ0) is 17.3. The highest BCUT2D eigenvalue weighted by Gasteiger charge is 2.49. The van der Waals surface area contributed by atoms with E-state index in [0.717, 1.165) is 0 Å². The molecule has 0 spiro atoms. The van der Waals surface area contributed by atoms with E-state index >= 15 is 0 Å². The summed E-state index contributed by atoms with van der Waals surface area (Å²) in [6, 6.07) is 8.11. The molecule has 1 heterocycles. The lowest BCUT2D eigenvalue weighted by molar-refractivity contribution is -0.134. The van der Waals surface area contributed by atoms with E-state index in [9.17, 15) is 13.2 Å². The number of sulfone groups is 1. The van der Waals surface area contributed by atoms with Gasteiger partial charge < -0.3 is 9.47 Å². The van der Waals surface area contributed by atoms with Crippen LogP contribution >= 0.6 is 0 Å². The number of carbonyl (C=O) groups excluding carboxylic acids is 1. The molecule has 0 bridgehead atoms. The Hall–Kier alpha value is -1.24. The minimum Gasteiger partial charge on any atom is -0.356 e. The fourth-order valence-corrected chi connectivity index (χ4v) is 5.06. The van der Waals surface area contributed by atoms with Gasteiger partial charge in [0.15, 0.2) is 21.9 Å². The highest BCUT2D eigenvalue weighted by Crippen LogP contribution is 2.36. The lowest BCUT2D eigenvalue weighted by Gasteiger charge is -2.30. The maximum atomic E-state index is 13.1. The van der Waals surface area contributed by atoms with Gasteiger partial charge >= 0.3 is 0 Å². The first-order valence-electron chi connectivity index (χ1n) is 7.67. The molecule has 0 N–H and O–H groups in total. The Balaban J connectivity index is 2.52. The minimum absolute atomic E-state index is 0.157. The maximum Gasteiger partial charge on any atom is 0.188 e. The molecule has 5 nitrogen and oxygen atoms in total. The maximum absolute atomic E-state index is 13.1. The van der Waals surface area contributed by atoms with Crippen molar-refractivity contribution in [1.82, 2.24) is 0 Å². The van der Waals surface area contributed by atoms with Crippen LogP contribution in [0.2, 0.25) is 0 Å². The summed E-state index contributed by atoms with van der Waals surface area (Å²) in [6.07, 6.45) is -0.193. The van der Waals surface area contributed by atoms with Gasteiger partial charge in [0.2, 0.25) is 0 Å². The van der Waals surface area contributed by atoms with Gasteiger partial charge in [-0.1, -0.05) is 39.0 Å². The first kappa shape index (κ1) is 18.1. The van der Waals surface area contributed by atoms with Crippen LogP contribution in [0.25, 0.3) is 0 Å². The van der Waals surface area contributed by atoms with E-state index in [4.69, 9.17) is 9.47 Å². The summed E-state index contributed by atoms with van der Waals surface area (Å²) in [5, 5.41) is -1.17. The summed E-state index contributed by atoms with van der Waals surface area (Å²) in [5.74, 6) is -0.809. The van der Waals surface area contributed by atoms with Gasteiger partial charge in [0.25, 0.3) is 0 Å². The number of hydrogen-bond donors (Lipinski definition) is 0. The quantitative estimate of drug-likeness (QED) is 0.823. The van der Waals surface area contributed by atoms with E-state index in [1.807, 2.05) is 0 Å². The van der Waals surface area contributed by atoms with Crippen molar-refractivity contribution < 1.29 is 22.7 Å². The van der Waals surface area contributed by atoms with Crippen molar-refractivity contribution >= 4 is 15.6 Å². The number of benzene rings is 1. The molecule has 128 valence electrons. The molecule has 1 aliphatic rings. The summed E-state index contributed by atoms with van der Waals surface area (Å²) in [5.41, 5.74) is -0.770. The summed E-state index contributed by atoms with van der Waals surface area (Å²) in [7, 11) is -2.35. The Morgan fingerprint density at radius 3 is 2.39 bits per heavy atom. The number of carbonyl (C=O) groups is 1. The number of methoxy groups -OCH3 is 1. The Bertz CT molecular complexity index is 645. The molecule has 0 unspecified atom stereocenters. The van der Waals surface area contributed by atoms with Gasteiger partial charge in [-0.3, -0.25) is 4.79 Å². The van der Waals surface area contributed by atoms with E-state index in [1.54, 1.807) is 39.0 Å². The smallest absolute Gasteiger partial charge is 0.188 e. The molecule has 1 saturated heterocycles. The predicted octanol–water partition coefficient (Wildman–Crippen LogP) is 2.45. The zero-order valence-corrected chi connectivity index (χ0v) is 14.8. The lowest BCUT2D eigenvalue weighted by atomic mass is 9.84. The molecule has 0 radical (unpaired) electrons. The predicted molar refractivity (Wildman–Crippen MR) is 86.7 cm³/mol. The molecular weight excluding hydrogens is 316 g/mol. The molecule has 1 fully saturated rings. The van der Waals surface area contributed by atoms with Gasteiger partial charge in [0.1, 0.15) is 5.25 Å². The number of Topliss-reactive ketones (excluding diaryl/α,β-unsaturated/α-hetero) is 1. The van der Waals surface area contributed by atoms with E-state index in [2.05, 4.69) is 0 Å². The third-order valence-corrected chi connectivity index (χ3v) is 6.27. The molecule has 2 rings (SSSR count). The monoisotopic (exact) mass is 340 g/mol. The number of ketones is 1. The zero-order valence-electron chi connectivity index (χ0n) is 14.0. The first-order valence-corrected chi connectivity index (χ1v) is 9.22. The third kappa shape index (κ3) is 3.65. The fourth-order valence-electron chi connectivity index (χ4n) is 2.87. The van der Waals surface area contributed by atoms with Crippen molar-refractivity contribution in [2.24, 2.45) is 11.3 Å². The van der Waals surface area contributed by atoms with Crippen molar-refractivity contribution in [2.45, 2.75) is 43.6 Å². The molecule has 3 atom stereocenters. The Kier molecular flexibility index (Phi) is 5.28. The van der Waals surface area contributed by atoms with Crippen molar-refractivity contribution in [3.63, 3.8) is 0 Å². The fraction of sp³-hybridized carbons (Fsp3) is 0.588. The third-order valence-electron chi connectivity index (χ3n) is 4.11. The Morgan fingerprint density at radius 1 is 1.26 bits per heavy atom. The minimum atomic E-state index is -3.82. The molecule has 1 aliphatic heterocycles. The standard InChI is InChI=1S/C17H24O5S/c1-17(2,3)15(18)14(13-10-11-22-16(13)21-4)23(19,20)12-8-6-5-7-9-12/h5-9,13-14,16H,10-11H2,1-4H3/t13-,14-,16-/m1/s1. The molecular formula is C17H24O5S. The summed E-state index contributed by atoms with van der Waals surface area (Å²) in [6.45, 7) is 5.60. The first-order chi connectivity index (χ1) is 10.7. The topological polar surface area (TPSA) is 69.7 Å². The summed E-state index contributed by atoms with van der Waals surface area (Å²) < 4.78 is 37.0. The van der Waals surface area contributed by atoms with Crippen LogP contribution < -0.4 is 0 Å². The second-order valence-electron chi connectivity index (χ2n) is 6.82. The molecule has 0 saturated carbocycles. The highest BCUT2D eigenvalue weighted by molar-refractivity contribution is 7.92. The number of rotatable bonds is 5. The van der Waals surface area contributed by atoms with Gasteiger partial charge in [0.05, 0.1) is 11.5 Å². The van der Waals surface area contributed by atoms with Gasteiger partial charge in [0, 0.05) is 18.4 Å². The molecule has 0 aromatic heterocycles. The average molecular weight is 340 g/mol. The van der Waals surface area contributed by atoms with Crippen molar-refractivity contribution in [3.05, 3.63) is 30.3 Å². The van der Waals surface area contributed by atoms with Gasteiger partial charge in [-0.2, -0.15) is 0 Å². The van der Waals surface area contributed by atoms with E-state index in [0.29, 0.717) is 13.0 Å². The van der Waals surface area contributed by atoms with Crippen molar-refractivity contribution in [1.29, 1.82) is 0 Å². The van der Waals surface area contributed by atoms with Crippen molar-refractivity contribution in [3.8, 4) is 0 Å². The molecule has 1 aromatic carbocycles. The van der Waals surface area contributed by atoms with Crippen LogP contribution in [0.3, 0.4) is 0 Å². The van der Waals surface area contributed by atoms with Crippen LogP contribution in [0.4, 0.5) is 0 Å². The molecule has 0 aliphatic carbocycles. The Labute approximate surface area is 137 Å². The van der Waals surface area contributed by atoms with Crippen LogP contribution in [0, 0.1) is 11.3 Å². The molecule has 1 aromatic rings. The average Bonchev–Trinajstić information content (AvgIpc) is 2.95. The molecule has 23 heavy (non-hydrogen) atoms. The van der Waals surface area contributed by atoms with Crippen LogP contribution in [0.1, 0.15) is 27.2 Å². The van der Waals surface area contributed by atoms with Gasteiger partial charge in [-0.05, 0) is 18.6 Å². The normalized spacial score (nSPS) is 23.7. The van der Waals surface area contributed by atoms with Crippen LogP contribution in [0.5, 0.6) is 0 Å².